The van der Waals surface area contributed by atoms with Crippen LogP contribution >= 0.6 is 15.9 Å². The van der Waals surface area contributed by atoms with Crippen LogP contribution in [0.1, 0.15) is 0 Å². The molecule has 0 saturated carbocycles. The van der Waals surface area contributed by atoms with Crippen molar-refractivity contribution in [3.05, 3.63) is 52.8 Å². The number of H-pyrrole nitrogens is 1. The minimum Gasteiger partial charge on any atom is -0.338 e. The zero-order valence-electron chi connectivity index (χ0n) is 8.74. The van der Waals surface area contributed by atoms with Crippen molar-refractivity contribution in [1.29, 1.82) is 0 Å². The van der Waals surface area contributed by atoms with Crippen molar-refractivity contribution in [1.82, 2.24) is 9.97 Å². The van der Waals surface area contributed by atoms with Gasteiger partial charge in [0.2, 0.25) is 0 Å². The van der Waals surface area contributed by atoms with Crippen LogP contribution in [0.25, 0.3) is 22.4 Å². The van der Waals surface area contributed by atoms with E-state index in [9.17, 15) is 4.39 Å². The molecule has 17 heavy (non-hydrogen) atoms. The molecule has 3 rings (SSSR count). The molecule has 2 nitrogen and oxygen atoms in total. The monoisotopic (exact) mass is 290 g/mol. The van der Waals surface area contributed by atoms with Gasteiger partial charge in [-0.2, -0.15) is 0 Å². The van der Waals surface area contributed by atoms with E-state index >= 15 is 0 Å². The lowest BCUT2D eigenvalue weighted by atomic mass is 10.2. The number of benzene rings is 2. The second-order valence-electron chi connectivity index (χ2n) is 3.73. The van der Waals surface area contributed by atoms with Gasteiger partial charge < -0.3 is 4.98 Å². The van der Waals surface area contributed by atoms with Gasteiger partial charge in [0, 0.05) is 4.47 Å². The molecule has 0 atom stereocenters. The molecule has 0 aliphatic carbocycles. The molecule has 0 fully saturated rings. The fourth-order valence-electron chi connectivity index (χ4n) is 1.76. The van der Waals surface area contributed by atoms with Crippen LogP contribution in [0.15, 0.2) is 46.9 Å². The number of rotatable bonds is 1. The zero-order valence-corrected chi connectivity index (χ0v) is 10.3. The predicted octanol–water partition coefficient (Wildman–Crippen LogP) is 4.13. The second-order valence-corrected chi connectivity index (χ2v) is 4.64. The molecule has 84 valence electrons. The fraction of sp³-hybridized carbons (Fsp3) is 0. The summed E-state index contributed by atoms with van der Waals surface area (Å²) in [5, 5.41) is 0. The van der Waals surface area contributed by atoms with Crippen LogP contribution < -0.4 is 0 Å². The minimum atomic E-state index is -0.273. The summed E-state index contributed by atoms with van der Waals surface area (Å²) in [5.41, 5.74) is 2.20. The first-order valence-corrected chi connectivity index (χ1v) is 5.93. The van der Waals surface area contributed by atoms with E-state index in [-0.39, 0.29) is 5.82 Å². The largest absolute Gasteiger partial charge is 0.338 e. The van der Waals surface area contributed by atoms with Gasteiger partial charge in [0.1, 0.15) is 11.6 Å². The van der Waals surface area contributed by atoms with Gasteiger partial charge in [0.25, 0.3) is 0 Å². The molecule has 0 bridgehead atoms. The van der Waals surface area contributed by atoms with Crippen LogP contribution in [0.4, 0.5) is 4.39 Å². The number of fused-ring (bicyclic) bond motifs is 1. The van der Waals surface area contributed by atoms with Gasteiger partial charge in [-0.25, -0.2) is 9.37 Å². The van der Waals surface area contributed by atoms with E-state index in [4.69, 9.17) is 0 Å². The topological polar surface area (TPSA) is 28.7 Å². The van der Waals surface area contributed by atoms with Crippen LogP contribution in [-0.4, -0.2) is 9.97 Å². The van der Waals surface area contributed by atoms with Crippen molar-refractivity contribution in [3.63, 3.8) is 0 Å². The minimum absolute atomic E-state index is 0.273. The predicted molar refractivity (Wildman–Crippen MR) is 69.2 cm³/mol. The van der Waals surface area contributed by atoms with Gasteiger partial charge >= 0.3 is 0 Å². The third-order valence-electron chi connectivity index (χ3n) is 2.57. The lowest BCUT2D eigenvalue weighted by Crippen LogP contribution is -1.84. The highest BCUT2D eigenvalue weighted by Gasteiger charge is 2.09. The Morgan fingerprint density at radius 3 is 2.76 bits per heavy atom. The van der Waals surface area contributed by atoms with Gasteiger partial charge in [0.05, 0.1) is 16.6 Å². The summed E-state index contributed by atoms with van der Waals surface area (Å²) in [4.78, 5) is 7.48. The molecular weight excluding hydrogens is 283 g/mol. The second kappa shape index (κ2) is 3.96. The molecule has 0 amide bonds. The van der Waals surface area contributed by atoms with E-state index in [1.807, 2.05) is 18.2 Å². The Kier molecular flexibility index (Phi) is 2.44. The standard InChI is InChI=1S/C13H8BrFN2/c14-8-5-6-11-12(7-8)17-13(16-11)9-3-1-2-4-10(9)15/h1-7H,(H,16,17). The number of aromatic nitrogens is 2. The quantitative estimate of drug-likeness (QED) is 0.717. The van der Waals surface area contributed by atoms with E-state index in [1.165, 1.54) is 6.07 Å². The normalized spacial score (nSPS) is 10.9. The molecule has 4 heteroatoms. The molecule has 2 aromatic carbocycles. The molecule has 0 spiro atoms. The summed E-state index contributed by atoms with van der Waals surface area (Å²) in [6, 6.07) is 12.3. The average molecular weight is 291 g/mol. The summed E-state index contributed by atoms with van der Waals surface area (Å²) < 4.78 is 14.6. The molecule has 1 aromatic heterocycles. The summed E-state index contributed by atoms with van der Waals surface area (Å²) in [6.07, 6.45) is 0. The maximum Gasteiger partial charge on any atom is 0.141 e. The number of nitrogens with zero attached hydrogens (tertiary/aromatic N) is 1. The Bertz CT molecular complexity index is 691. The Morgan fingerprint density at radius 1 is 1.12 bits per heavy atom. The van der Waals surface area contributed by atoms with E-state index in [0.717, 1.165) is 15.5 Å². The lowest BCUT2D eigenvalue weighted by Gasteiger charge is -1.96. The molecule has 1 N–H and O–H groups in total. The Balaban J connectivity index is 2.22. The highest BCUT2D eigenvalue weighted by molar-refractivity contribution is 9.10. The number of imidazole rings is 1. The molecule has 0 aliphatic rings. The number of halogens is 2. The highest BCUT2D eigenvalue weighted by Crippen LogP contribution is 2.24. The van der Waals surface area contributed by atoms with E-state index in [0.29, 0.717) is 11.4 Å². The first-order valence-electron chi connectivity index (χ1n) is 5.14. The maximum absolute atomic E-state index is 13.6. The molecule has 0 aliphatic heterocycles. The maximum atomic E-state index is 13.6. The Hall–Kier alpha value is -1.68. The third-order valence-corrected chi connectivity index (χ3v) is 3.07. The van der Waals surface area contributed by atoms with Crippen molar-refractivity contribution >= 4 is 27.0 Å². The van der Waals surface area contributed by atoms with Gasteiger partial charge in [-0.15, -0.1) is 0 Å². The van der Waals surface area contributed by atoms with Crippen molar-refractivity contribution < 1.29 is 4.39 Å². The first-order chi connectivity index (χ1) is 8.24. The van der Waals surface area contributed by atoms with Gasteiger partial charge in [-0.1, -0.05) is 28.1 Å². The Labute approximate surface area is 106 Å². The highest BCUT2D eigenvalue weighted by atomic mass is 79.9. The van der Waals surface area contributed by atoms with E-state index in [1.54, 1.807) is 18.2 Å². The molecule has 0 saturated heterocycles. The lowest BCUT2D eigenvalue weighted by molar-refractivity contribution is 0.630. The fourth-order valence-corrected chi connectivity index (χ4v) is 2.12. The number of hydrogen-bond acceptors (Lipinski definition) is 1. The van der Waals surface area contributed by atoms with E-state index in [2.05, 4.69) is 25.9 Å². The van der Waals surface area contributed by atoms with Crippen LogP contribution in [0, 0.1) is 5.82 Å². The molecule has 3 aromatic rings. The molecule has 0 radical (unpaired) electrons. The third kappa shape index (κ3) is 1.85. The first kappa shape index (κ1) is 10.5. The van der Waals surface area contributed by atoms with Crippen LogP contribution in [0.3, 0.4) is 0 Å². The summed E-state index contributed by atoms with van der Waals surface area (Å²) in [7, 11) is 0. The number of nitrogens with one attached hydrogen (secondary N) is 1. The summed E-state index contributed by atoms with van der Waals surface area (Å²) >= 11 is 3.39. The van der Waals surface area contributed by atoms with Crippen LogP contribution in [0.2, 0.25) is 0 Å². The summed E-state index contributed by atoms with van der Waals surface area (Å²) in [6.45, 7) is 0. The number of aromatic amines is 1. The molecular formula is C13H8BrFN2. The van der Waals surface area contributed by atoms with Crippen molar-refractivity contribution in [2.75, 3.05) is 0 Å². The van der Waals surface area contributed by atoms with Crippen LogP contribution in [0.5, 0.6) is 0 Å². The zero-order chi connectivity index (χ0) is 11.8. The SMILES string of the molecule is Fc1ccccc1-c1nc2ccc(Br)cc2[nH]1. The van der Waals surface area contributed by atoms with Gasteiger partial charge in [-0.3, -0.25) is 0 Å². The van der Waals surface area contributed by atoms with Gasteiger partial charge in [-0.05, 0) is 30.3 Å². The average Bonchev–Trinajstić information content (AvgIpc) is 2.72. The van der Waals surface area contributed by atoms with Crippen molar-refractivity contribution in [3.8, 4) is 11.4 Å². The van der Waals surface area contributed by atoms with E-state index < -0.39 is 0 Å². The van der Waals surface area contributed by atoms with Crippen molar-refractivity contribution in [2.45, 2.75) is 0 Å². The smallest absolute Gasteiger partial charge is 0.141 e. The Morgan fingerprint density at radius 2 is 1.94 bits per heavy atom. The molecule has 1 heterocycles. The van der Waals surface area contributed by atoms with Crippen LogP contribution in [-0.2, 0) is 0 Å². The molecule has 0 unspecified atom stereocenters. The van der Waals surface area contributed by atoms with Gasteiger partial charge in [0.15, 0.2) is 0 Å². The number of hydrogen-bond donors (Lipinski definition) is 1. The van der Waals surface area contributed by atoms with Crippen molar-refractivity contribution in [2.24, 2.45) is 0 Å². The summed E-state index contributed by atoms with van der Waals surface area (Å²) in [5.74, 6) is 0.279.